The molecule has 1 N–H and O–H groups in total. The zero-order chi connectivity index (χ0) is 18.0. The zero-order valence-corrected chi connectivity index (χ0v) is 14.9. The molecular formula is C15H20N6O3S. The fraction of sp³-hybridized carbons (Fsp3) is 0.467. The molecular weight excluding hydrogens is 344 g/mol. The Balaban J connectivity index is 1.71. The Morgan fingerprint density at radius 3 is 2.88 bits per heavy atom. The first kappa shape index (κ1) is 17.5. The summed E-state index contributed by atoms with van der Waals surface area (Å²) in [5.74, 6) is -0.478. The number of hydrogen-bond acceptors (Lipinski definition) is 6. The Hall–Kier alpha value is -2.33. The van der Waals surface area contributed by atoms with Crippen LogP contribution in [0, 0.1) is 5.92 Å². The number of anilines is 1. The normalized spacial score (nSPS) is 18.9. The van der Waals surface area contributed by atoms with Gasteiger partial charge in [-0.15, -0.1) is 0 Å². The first-order chi connectivity index (χ1) is 11.8. The minimum Gasteiger partial charge on any atom is -0.294 e. The fourth-order valence-corrected chi connectivity index (χ4v) is 3.71. The third-order valence-electron chi connectivity index (χ3n) is 4.12. The maximum atomic E-state index is 12.5. The molecule has 0 bridgehead atoms. The topological polar surface area (TPSA) is 110 Å². The monoisotopic (exact) mass is 364 g/mol. The van der Waals surface area contributed by atoms with Gasteiger partial charge in [0.1, 0.15) is 0 Å². The van der Waals surface area contributed by atoms with Gasteiger partial charge in [-0.25, -0.2) is 22.7 Å². The summed E-state index contributed by atoms with van der Waals surface area (Å²) in [5.41, 5.74) is 1.47. The van der Waals surface area contributed by atoms with Gasteiger partial charge in [-0.1, -0.05) is 0 Å². The summed E-state index contributed by atoms with van der Waals surface area (Å²) in [6, 6.07) is 1.73. The lowest BCUT2D eigenvalue weighted by Crippen LogP contribution is -2.43. The van der Waals surface area contributed by atoms with Crippen molar-refractivity contribution in [2.24, 2.45) is 13.0 Å². The molecule has 2 aromatic heterocycles. The van der Waals surface area contributed by atoms with Gasteiger partial charge in [0.15, 0.2) is 0 Å². The van der Waals surface area contributed by atoms with E-state index in [2.05, 4.69) is 20.4 Å². The Morgan fingerprint density at radius 2 is 2.20 bits per heavy atom. The highest BCUT2D eigenvalue weighted by Gasteiger charge is 2.30. The van der Waals surface area contributed by atoms with Crippen LogP contribution in [-0.2, 0) is 21.9 Å². The number of nitrogens with zero attached hydrogens (tertiary/aromatic N) is 5. The Kier molecular flexibility index (Phi) is 4.82. The first-order valence-electron chi connectivity index (χ1n) is 7.91. The fourth-order valence-electron chi connectivity index (χ4n) is 2.80. The van der Waals surface area contributed by atoms with Gasteiger partial charge >= 0.3 is 0 Å². The molecule has 0 radical (unpaired) electrons. The number of aryl methyl sites for hydroxylation is 1. The predicted octanol–water partition coefficient (Wildman–Crippen LogP) is 0.487. The Morgan fingerprint density at radius 1 is 1.40 bits per heavy atom. The summed E-state index contributed by atoms with van der Waals surface area (Å²) in [6.07, 6.45) is 7.52. The molecule has 3 heterocycles. The van der Waals surface area contributed by atoms with Crippen molar-refractivity contribution < 1.29 is 13.2 Å². The Bertz CT molecular complexity index is 879. The molecule has 3 rings (SSSR count). The van der Waals surface area contributed by atoms with Gasteiger partial charge < -0.3 is 0 Å². The highest BCUT2D eigenvalue weighted by molar-refractivity contribution is 7.88. The van der Waals surface area contributed by atoms with E-state index in [9.17, 15) is 13.2 Å². The van der Waals surface area contributed by atoms with Gasteiger partial charge in [0, 0.05) is 38.1 Å². The average Bonchev–Trinajstić information content (AvgIpc) is 3.01. The highest BCUT2D eigenvalue weighted by atomic mass is 32.2. The number of nitrogens with one attached hydrogen (secondary N) is 1. The predicted molar refractivity (Wildman–Crippen MR) is 92.0 cm³/mol. The number of carbonyl (C=O) groups is 1. The van der Waals surface area contributed by atoms with Crippen LogP contribution in [0.2, 0.25) is 0 Å². The molecule has 1 aliphatic heterocycles. The van der Waals surface area contributed by atoms with E-state index in [1.165, 1.54) is 4.31 Å². The number of rotatable bonds is 4. The van der Waals surface area contributed by atoms with E-state index in [1.807, 2.05) is 13.2 Å². The van der Waals surface area contributed by atoms with E-state index in [1.54, 1.807) is 23.1 Å². The molecule has 0 saturated carbocycles. The molecule has 10 heteroatoms. The third kappa shape index (κ3) is 4.20. The van der Waals surface area contributed by atoms with E-state index in [-0.39, 0.29) is 18.4 Å². The van der Waals surface area contributed by atoms with Gasteiger partial charge in [-0.2, -0.15) is 5.10 Å². The van der Waals surface area contributed by atoms with Crippen molar-refractivity contribution in [1.29, 1.82) is 0 Å². The standard InChI is InChI=1S/C15H20N6O3S/c1-20-9-12(8-17-20)13-5-6-16-15(18-13)19-14(22)11-4-3-7-21(10-11)25(2,23)24/h5-6,8-9,11H,3-4,7,10H2,1-2H3,(H,16,18,19,22)/t11-/m0/s1. The molecule has 1 amide bonds. The highest BCUT2D eigenvalue weighted by Crippen LogP contribution is 2.21. The largest absolute Gasteiger partial charge is 0.294 e. The molecule has 25 heavy (non-hydrogen) atoms. The summed E-state index contributed by atoms with van der Waals surface area (Å²) in [5, 5.41) is 6.79. The summed E-state index contributed by atoms with van der Waals surface area (Å²) in [7, 11) is -1.48. The minimum atomic E-state index is -3.29. The maximum Gasteiger partial charge on any atom is 0.231 e. The van der Waals surface area contributed by atoms with E-state index in [0.717, 1.165) is 11.8 Å². The van der Waals surface area contributed by atoms with Gasteiger partial charge in [0.2, 0.25) is 21.9 Å². The van der Waals surface area contributed by atoms with Crippen molar-refractivity contribution in [2.45, 2.75) is 12.8 Å². The molecule has 1 saturated heterocycles. The van der Waals surface area contributed by atoms with Crippen molar-refractivity contribution in [3.63, 3.8) is 0 Å². The van der Waals surface area contributed by atoms with Crippen molar-refractivity contribution in [3.05, 3.63) is 24.7 Å². The smallest absolute Gasteiger partial charge is 0.231 e. The minimum absolute atomic E-state index is 0.187. The molecule has 2 aromatic rings. The van der Waals surface area contributed by atoms with Crippen molar-refractivity contribution in [1.82, 2.24) is 24.1 Å². The average molecular weight is 364 g/mol. The lowest BCUT2D eigenvalue weighted by molar-refractivity contribution is -0.120. The lowest BCUT2D eigenvalue weighted by Gasteiger charge is -2.29. The van der Waals surface area contributed by atoms with E-state index in [0.29, 0.717) is 25.1 Å². The molecule has 134 valence electrons. The summed E-state index contributed by atoms with van der Waals surface area (Å²) in [4.78, 5) is 20.9. The number of hydrogen-bond donors (Lipinski definition) is 1. The van der Waals surface area contributed by atoms with Crippen LogP contribution in [0.15, 0.2) is 24.7 Å². The van der Waals surface area contributed by atoms with Crippen molar-refractivity contribution >= 4 is 21.9 Å². The SMILES string of the molecule is Cn1cc(-c2ccnc(NC(=O)[C@H]3CCCN(S(C)(=O)=O)C3)n2)cn1. The molecule has 0 aliphatic carbocycles. The molecule has 9 nitrogen and oxygen atoms in total. The second-order valence-corrected chi connectivity index (χ2v) is 8.10. The van der Waals surface area contributed by atoms with Gasteiger partial charge in [0.05, 0.1) is 24.1 Å². The molecule has 0 aromatic carbocycles. The summed E-state index contributed by atoms with van der Waals surface area (Å²) in [6.45, 7) is 0.641. The Labute approximate surface area is 146 Å². The number of carbonyl (C=O) groups excluding carboxylic acids is 1. The van der Waals surface area contributed by atoms with Crippen molar-refractivity contribution in [3.8, 4) is 11.3 Å². The maximum absolute atomic E-state index is 12.5. The third-order valence-corrected chi connectivity index (χ3v) is 5.38. The van der Waals surface area contributed by atoms with Gasteiger partial charge in [-0.05, 0) is 18.9 Å². The lowest BCUT2D eigenvalue weighted by atomic mass is 9.99. The second kappa shape index (κ2) is 6.89. The van der Waals surface area contributed by atoms with Crippen LogP contribution < -0.4 is 5.32 Å². The number of sulfonamides is 1. The van der Waals surface area contributed by atoms with Crippen LogP contribution in [0.25, 0.3) is 11.3 Å². The molecule has 0 spiro atoms. The van der Waals surface area contributed by atoms with Crippen LogP contribution in [0.4, 0.5) is 5.95 Å². The van der Waals surface area contributed by atoms with Gasteiger partial charge in [0.25, 0.3) is 0 Å². The van der Waals surface area contributed by atoms with E-state index < -0.39 is 15.9 Å². The number of amides is 1. The van der Waals surface area contributed by atoms with Crippen LogP contribution >= 0.6 is 0 Å². The van der Waals surface area contributed by atoms with Crippen LogP contribution in [-0.4, -0.2) is 57.7 Å². The zero-order valence-electron chi connectivity index (χ0n) is 14.1. The molecule has 1 atom stereocenters. The molecule has 0 unspecified atom stereocenters. The van der Waals surface area contributed by atoms with E-state index >= 15 is 0 Å². The molecule has 1 aliphatic rings. The van der Waals surface area contributed by atoms with Crippen LogP contribution in [0.3, 0.4) is 0 Å². The quantitative estimate of drug-likeness (QED) is 0.845. The van der Waals surface area contributed by atoms with E-state index in [4.69, 9.17) is 0 Å². The second-order valence-electron chi connectivity index (χ2n) is 6.12. The number of piperidine rings is 1. The number of aromatic nitrogens is 4. The summed E-state index contributed by atoms with van der Waals surface area (Å²) < 4.78 is 26.4. The molecule has 1 fully saturated rings. The van der Waals surface area contributed by atoms with Crippen LogP contribution in [0.5, 0.6) is 0 Å². The summed E-state index contributed by atoms with van der Waals surface area (Å²) >= 11 is 0. The first-order valence-corrected chi connectivity index (χ1v) is 9.76. The van der Waals surface area contributed by atoms with Crippen molar-refractivity contribution in [2.75, 3.05) is 24.7 Å². The van der Waals surface area contributed by atoms with Crippen LogP contribution in [0.1, 0.15) is 12.8 Å². The van der Waals surface area contributed by atoms with Gasteiger partial charge in [-0.3, -0.25) is 14.8 Å².